The molecule has 0 unspecified atom stereocenters. The van der Waals surface area contributed by atoms with Gasteiger partial charge in [-0.05, 0) is 53.7 Å². The van der Waals surface area contributed by atoms with Crippen LogP contribution in [0.1, 0.15) is 37.0 Å². The van der Waals surface area contributed by atoms with Crippen LogP contribution >= 0.6 is 0 Å². The number of hydrogen-bond acceptors (Lipinski definition) is 0. The molecule has 0 aliphatic carbocycles. The van der Waals surface area contributed by atoms with E-state index in [9.17, 15) is 0 Å². The molecule has 0 nitrogen and oxygen atoms in total. The van der Waals surface area contributed by atoms with Crippen LogP contribution in [0.25, 0.3) is 11.1 Å². The monoisotopic (exact) mass is 264 g/mol. The largest absolute Gasteiger partial charge is 0.103 e. The van der Waals surface area contributed by atoms with Gasteiger partial charge < -0.3 is 0 Å². The lowest BCUT2D eigenvalue weighted by atomic mass is 9.94. The molecule has 0 radical (unpaired) electrons. The summed E-state index contributed by atoms with van der Waals surface area (Å²) in [6, 6.07) is 6.64. The van der Waals surface area contributed by atoms with E-state index in [0.717, 1.165) is 12.8 Å². The molecule has 0 heteroatoms. The predicted octanol–water partition coefficient (Wildman–Crippen LogP) is 5.98. The maximum absolute atomic E-state index is 4.15. The van der Waals surface area contributed by atoms with E-state index >= 15 is 0 Å². The molecule has 0 amide bonds. The molecule has 0 fully saturated rings. The molecule has 1 rings (SSSR count). The first kappa shape index (κ1) is 16.0. The summed E-state index contributed by atoms with van der Waals surface area (Å²) in [6.07, 6.45) is 11.7. The molecule has 0 bridgehead atoms. The van der Waals surface area contributed by atoms with Gasteiger partial charge in [0.2, 0.25) is 0 Å². The van der Waals surface area contributed by atoms with Gasteiger partial charge in [0.15, 0.2) is 0 Å². The van der Waals surface area contributed by atoms with Crippen molar-refractivity contribution < 1.29 is 0 Å². The van der Waals surface area contributed by atoms with Crippen molar-refractivity contribution >= 4 is 11.1 Å². The zero-order chi connectivity index (χ0) is 15.0. The predicted molar refractivity (Wildman–Crippen MR) is 92.7 cm³/mol. The summed E-state index contributed by atoms with van der Waals surface area (Å²) >= 11 is 0. The molecule has 0 aliphatic heterocycles. The third-order valence-electron chi connectivity index (χ3n) is 3.26. The maximum Gasteiger partial charge on any atom is -0.00997 e. The lowest BCUT2D eigenvalue weighted by Crippen LogP contribution is -1.91. The zero-order valence-corrected chi connectivity index (χ0v) is 12.7. The molecule has 0 saturated carbocycles. The van der Waals surface area contributed by atoms with Crippen molar-refractivity contribution in [1.82, 2.24) is 0 Å². The Morgan fingerprint density at radius 2 is 1.85 bits per heavy atom. The van der Waals surface area contributed by atoms with Gasteiger partial charge in [-0.25, -0.2) is 0 Å². The Morgan fingerprint density at radius 3 is 2.40 bits per heavy atom. The van der Waals surface area contributed by atoms with Crippen LogP contribution in [0.3, 0.4) is 0 Å². The van der Waals surface area contributed by atoms with Gasteiger partial charge in [0.05, 0.1) is 0 Å². The number of hydrogen-bond donors (Lipinski definition) is 0. The van der Waals surface area contributed by atoms with Gasteiger partial charge in [-0.15, -0.1) is 6.58 Å². The maximum atomic E-state index is 4.15. The van der Waals surface area contributed by atoms with Crippen molar-refractivity contribution in [2.24, 2.45) is 0 Å². The van der Waals surface area contributed by atoms with E-state index in [1.54, 1.807) is 6.08 Å². The van der Waals surface area contributed by atoms with E-state index in [4.69, 9.17) is 0 Å². The second-order valence-corrected chi connectivity index (χ2v) is 4.71. The van der Waals surface area contributed by atoms with Gasteiger partial charge >= 0.3 is 0 Å². The minimum atomic E-state index is 0.875. The Bertz CT molecular complexity index is 553. The molecular formula is C20H24. The highest BCUT2D eigenvalue weighted by Crippen LogP contribution is 2.25. The standard InChI is InChI=1S/C20H24/c1-6-10-12-18(9-4)20-14-17(11-7-2)13-19(15-20)16(5)8-3/h6-7,9-10,12-15H,1-2,5,8,11H2,3-4H3/b12-10-,18-9+. The van der Waals surface area contributed by atoms with Gasteiger partial charge in [0.1, 0.15) is 0 Å². The van der Waals surface area contributed by atoms with Crippen LogP contribution in [0.4, 0.5) is 0 Å². The summed E-state index contributed by atoms with van der Waals surface area (Å²) in [4.78, 5) is 0. The fourth-order valence-corrected chi connectivity index (χ4v) is 2.08. The summed E-state index contributed by atoms with van der Waals surface area (Å²) in [5.41, 5.74) is 6.07. The van der Waals surface area contributed by atoms with Crippen LogP contribution in [0, 0.1) is 0 Å². The lowest BCUT2D eigenvalue weighted by Gasteiger charge is -2.11. The summed E-state index contributed by atoms with van der Waals surface area (Å²) in [5.74, 6) is 0. The highest BCUT2D eigenvalue weighted by molar-refractivity contribution is 5.77. The van der Waals surface area contributed by atoms with Crippen molar-refractivity contribution in [2.75, 3.05) is 0 Å². The third-order valence-corrected chi connectivity index (χ3v) is 3.26. The molecular weight excluding hydrogens is 240 g/mol. The van der Waals surface area contributed by atoms with Gasteiger partial charge in [-0.2, -0.15) is 0 Å². The van der Waals surface area contributed by atoms with Crippen molar-refractivity contribution in [2.45, 2.75) is 26.7 Å². The molecule has 0 aliphatic rings. The summed E-state index contributed by atoms with van der Waals surface area (Å²) < 4.78 is 0. The SMILES string of the molecule is C=C/C=C\C(=C/C)c1cc(CC=C)cc(C(=C)CC)c1. The van der Waals surface area contributed by atoms with Crippen LogP contribution in [0.2, 0.25) is 0 Å². The Hall–Kier alpha value is -2.08. The number of benzene rings is 1. The molecule has 0 N–H and O–H groups in total. The fourth-order valence-electron chi connectivity index (χ4n) is 2.08. The highest BCUT2D eigenvalue weighted by atomic mass is 14.1. The zero-order valence-electron chi connectivity index (χ0n) is 12.7. The van der Waals surface area contributed by atoms with Crippen LogP contribution in [0.15, 0.2) is 68.3 Å². The van der Waals surface area contributed by atoms with E-state index < -0.39 is 0 Å². The fraction of sp³-hybridized carbons (Fsp3) is 0.200. The molecule has 1 aromatic carbocycles. The Kier molecular flexibility index (Phi) is 6.52. The van der Waals surface area contributed by atoms with Crippen molar-refractivity contribution in [1.29, 1.82) is 0 Å². The summed E-state index contributed by atoms with van der Waals surface area (Å²) in [7, 11) is 0. The minimum absolute atomic E-state index is 0.875. The van der Waals surface area contributed by atoms with Gasteiger partial charge in [0, 0.05) is 0 Å². The van der Waals surface area contributed by atoms with Crippen LogP contribution in [0.5, 0.6) is 0 Å². The van der Waals surface area contributed by atoms with Gasteiger partial charge in [-0.3, -0.25) is 0 Å². The summed E-state index contributed by atoms with van der Waals surface area (Å²) in [5, 5.41) is 0. The molecule has 20 heavy (non-hydrogen) atoms. The second-order valence-electron chi connectivity index (χ2n) is 4.71. The van der Waals surface area contributed by atoms with Crippen molar-refractivity contribution in [3.63, 3.8) is 0 Å². The Morgan fingerprint density at radius 1 is 1.15 bits per heavy atom. The lowest BCUT2D eigenvalue weighted by molar-refractivity contribution is 1.22. The minimum Gasteiger partial charge on any atom is -0.103 e. The average Bonchev–Trinajstić information content (AvgIpc) is 2.47. The first-order valence-electron chi connectivity index (χ1n) is 7.05. The molecule has 1 aromatic rings. The van der Waals surface area contributed by atoms with Crippen molar-refractivity contribution in [3.05, 3.63) is 85.0 Å². The molecule has 0 heterocycles. The highest BCUT2D eigenvalue weighted by Gasteiger charge is 2.05. The first-order valence-corrected chi connectivity index (χ1v) is 7.05. The molecule has 104 valence electrons. The average molecular weight is 264 g/mol. The van der Waals surface area contributed by atoms with E-state index in [1.165, 1.54) is 27.8 Å². The van der Waals surface area contributed by atoms with Crippen LogP contribution < -0.4 is 0 Å². The second kappa shape index (κ2) is 8.16. The molecule has 0 saturated heterocycles. The Labute approximate surface area is 123 Å². The van der Waals surface area contributed by atoms with Crippen molar-refractivity contribution in [3.8, 4) is 0 Å². The third kappa shape index (κ3) is 4.24. The smallest absolute Gasteiger partial charge is 0.00997 e. The molecule has 0 atom stereocenters. The number of rotatable bonds is 7. The molecule has 0 aromatic heterocycles. The van der Waals surface area contributed by atoms with E-state index in [-0.39, 0.29) is 0 Å². The van der Waals surface area contributed by atoms with Crippen LogP contribution in [-0.4, -0.2) is 0 Å². The normalized spacial score (nSPS) is 11.6. The molecule has 0 spiro atoms. The number of allylic oxidation sites excluding steroid dienone is 7. The van der Waals surface area contributed by atoms with Gasteiger partial charge in [0.25, 0.3) is 0 Å². The first-order chi connectivity index (χ1) is 9.65. The summed E-state index contributed by atoms with van der Waals surface area (Å²) in [6.45, 7) is 15.9. The van der Waals surface area contributed by atoms with E-state index in [1.807, 2.05) is 12.2 Å². The van der Waals surface area contributed by atoms with Gasteiger partial charge in [-0.1, -0.05) is 62.6 Å². The van der Waals surface area contributed by atoms with E-state index in [0.29, 0.717) is 0 Å². The topological polar surface area (TPSA) is 0 Å². The van der Waals surface area contributed by atoms with Crippen LogP contribution in [-0.2, 0) is 6.42 Å². The van der Waals surface area contributed by atoms with E-state index in [2.05, 4.69) is 63.9 Å². The quantitative estimate of drug-likeness (QED) is 0.419. The Balaban J connectivity index is 3.33.